The first kappa shape index (κ1) is 16.3. The Bertz CT molecular complexity index is 643. The number of ether oxygens (including phenoxy) is 2. The van der Waals surface area contributed by atoms with E-state index >= 15 is 0 Å². The number of esters is 2. The number of hydrogen-bond acceptors (Lipinski definition) is 6. The molecule has 1 aromatic rings. The smallest absolute Gasteiger partial charge is 0.336 e. The number of nitrogens with one attached hydrogen (secondary N) is 1. The Kier molecular flexibility index (Phi) is 5.03. The molecular weight excluding hydrogens is 302 g/mol. The van der Waals surface area contributed by atoms with E-state index in [-0.39, 0.29) is 6.61 Å². The van der Waals surface area contributed by atoms with Gasteiger partial charge in [-0.2, -0.15) is 0 Å². The van der Waals surface area contributed by atoms with E-state index in [1.807, 2.05) is 24.4 Å². The van der Waals surface area contributed by atoms with Gasteiger partial charge in [0.25, 0.3) is 0 Å². The van der Waals surface area contributed by atoms with E-state index < -0.39 is 17.9 Å². The van der Waals surface area contributed by atoms with Gasteiger partial charge in [-0.3, -0.25) is 0 Å². The molecule has 0 saturated carbocycles. The summed E-state index contributed by atoms with van der Waals surface area (Å²) in [6.45, 7) is 5.65. The van der Waals surface area contributed by atoms with Crippen molar-refractivity contribution in [2.45, 2.75) is 26.7 Å². The second-order valence-corrected chi connectivity index (χ2v) is 5.84. The topological polar surface area (TPSA) is 64.6 Å². The lowest BCUT2D eigenvalue weighted by molar-refractivity contribution is -0.139. The predicted octanol–water partition coefficient (Wildman–Crippen LogP) is 2.72. The molecule has 1 unspecified atom stereocenters. The molecule has 0 spiro atoms. The summed E-state index contributed by atoms with van der Waals surface area (Å²) in [4.78, 5) is 25.5. The number of carbonyl (C=O) groups excluding carboxylic acids is 2. The average molecular weight is 321 g/mol. The van der Waals surface area contributed by atoms with E-state index in [4.69, 9.17) is 9.47 Å². The molecule has 0 aromatic carbocycles. The van der Waals surface area contributed by atoms with Crippen LogP contribution in [0.2, 0.25) is 0 Å². The van der Waals surface area contributed by atoms with Crippen LogP contribution in [-0.4, -0.2) is 25.7 Å². The molecule has 0 fully saturated rings. The van der Waals surface area contributed by atoms with E-state index in [1.165, 1.54) is 18.4 Å². The van der Waals surface area contributed by atoms with Crippen molar-refractivity contribution in [1.29, 1.82) is 0 Å². The van der Waals surface area contributed by atoms with Crippen molar-refractivity contribution in [3.05, 3.63) is 44.9 Å². The number of hydrogen-bond donors (Lipinski definition) is 1. The fraction of sp³-hybridized carbons (Fsp3) is 0.375. The minimum atomic E-state index is -0.465. The third-order valence-corrected chi connectivity index (χ3v) is 4.43. The van der Waals surface area contributed by atoms with E-state index in [1.54, 1.807) is 13.8 Å². The second-order valence-electron chi connectivity index (χ2n) is 4.86. The minimum absolute atomic E-state index is 0.281. The summed E-state index contributed by atoms with van der Waals surface area (Å²) >= 11 is 1.49. The largest absolute Gasteiger partial charge is 0.466 e. The molecule has 0 radical (unpaired) electrons. The monoisotopic (exact) mass is 321 g/mol. The van der Waals surface area contributed by atoms with Crippen LogP contribution in [0.4, 0.5) is 0 Å². The van der Waals surface area contributed by atoms with Gasteiger partial charge in [-0.05, 0) is 32.2 Å². The van der Waals surface area contributed by atoms with Crippen molar-refractivity contribution in [2.24, 2.45) is 0 Å². The van der Waals surface area contributed by atoms with Crippen LogP contribution in [0.25, 0.3) is 0 Å². The molecule has 0 amide bonds. The Morgan fingerprint density at radius 1 is 1.23 bits per heavy atom. The van der Waals surface area contributed by atoms with Gasteiger partial charge in [0.1, 0.15) is 0 Å². The standard InChI is InChI=1S/C16H19NO4S/c1-5-21-16(19)13-10(3)17-9(2)12(15(18)20-4)14(13)11-7-6-8-22-11/h6-8,14,17H,5H2,1-4H3. The molecule has 0 bridgehead atoms. The summed E-state index contributed by atoms with van der Waals surface area (Å²) < 4.78 is 10.1. The first-order chi connectivity index (χ1) is 10.5. The highest BCUT2D eigenvalue weighted by Gasteiger charge is 2.38. The number of rotatable bonds is 4. The lowest BCUT2D eigenvalue weighted by Gasteiger charge is -2.29. The maximum absolute atomic E-state index is 12.4. The SMILES string of the molecule is CCOC(=O)C1=C(C)NC(C)=C(C(=O)OC)C1c1cccs1. The van der Waals surface area contributed by atoms with E-state index in [0.717, 1.165) is 4.88 Å². The van der Waals surface area contributed by atoms with Crippen molar-refractivity contribution < 1.29 is 19.1 Å². The van der Waals surface area contributed by atoms with Crippen molar-refractivity contribution in [1.82, 2.24) is 5.32 Å². The zero-order valence-corrected chi connectivity index (χ0v) is 13.9. The Balaban J connectivity index is 2.58. The molecule has 1 N–H and O–H groups in total. The summed E-state index contributed by atoms with van der Waals surface area (Å²) in [6.07, 6.45) is 0. The van der Waals surface area contributed by atoms with Crippen molar-refractivity contribution >= 4 is 23.3 Å². The maximum atomic E-state index is 12.4. The van der Waals surface area contributed by atoms with E-state index in [0.29, 0.717) is 22.5 Å². The first-order valence-electron chi connectivity index (χ1n) is 6.98. The van der Waals surface area contributed by atoms with Gasteiger partial charge < -0.3 is 14.8 Å². The third kappa shape index (κ3) is 2.92. The maximum Gasteiger partial charge on any atom is 0.336 e. The normalized spacial score (nSPS) is 18.1. The van der Waals surface area contributed by atoms with Gasteiger partial charge in [-0.25, -0.2) is 9.59 Å². The summed E-state index contributed by atoms with van der Waals surface area (Å²) in [7, 11) is 1.34. The van der Waals surface area contributed by atoms with Gasteiger partial charge in [0.15, 0.2) is 0 Å². The zero-order chi connectivity index (χ0) is 16.3. The van der Waals surface area contributed by atoms with Crippen LogP contribution in [0.3, 0.4) is 0 Å². The fourth-order valence-corrected chi connectivity index (χ4v) is 3.44. The summed E-state index contributed by atoms with van der Waals surface area (Å²) in [5.41, 5.74) is 2.28. The van der Waals surface area contributed by atoms with Gasteiger partial charge in [0.2, 0.25) is 0 Å². The van der Waals surface area contributed by atoms with Crippen LogP contribution in [0.5, 0.6) is 0 Å². The number of dihydropyridines is 1. The molecular formula is C16H19NO4S. The van der Waals surface area contributed by atoms with Crippen molar-refractivity contribution in [2.75, 3.05) is 13.7 Å². The Labute approximate surface area is 133 Å². The summed E-state index contributed by atoms with van der Waals surface area (Å²) in [5.74, 6) is -1.33. The molecule has 0 aliphatic carbocycles. The van der Waals surface area contributed by atoms with Crippen LogP contribution in [-0.2, 0) is 19.1 Å². The predicted molar refractivity (Wildman–Crippen MR) is 84.2 cm³/mol. The molecule has 5 nitrogen and oxygen atoms in total. The zero-order valence-electron chi connectivity index (χ0n) is 13.1. The van der Waals surface area contributed by atoms with E-state index in [2.05, 4.69) is 5.32 Å². The minimum Gasteiger partial charge on any atom is -0.466 e. The van der Waals surface area contributed by atoms with Crippen molar-refractivity contribution in [3.8, 4) is 0 Å². The molecule has 0 saturated heterocycles. The highest BCUT2D eigenvalue weighted by atomic mass is 32.1. The molecule has 1 atom stereocenters. The highest BCUT2D eigenvalue weighted by Crippen LogP contribution is 2.40. The van der Waals surface area contributed by atoms with Gasteiger partial charge in [-0.15, -0.1) is 11.3 Å². The quantitative estimate of drug-likeness (QED) is 0.864. The Morgan fingerprint density at radius 2 is 1.86 bits per heavy atom. The Hall–Kier alpha value is -2.08. The lowest BCUT2D eigenvalue weighted by atomic mass is 9.84. The van der Waals surface area contributed by atoms with Crippen LogP contribution < -0.4 is 5.32 Å². The number of allylic oxidation sites excluding steroid dienone is 2. The second kappa shape index (κ2) is 6.79. The van der Waals surface area contributed by atoms with Crippen LogP contribution in [0.1, 0.15) is 31.6 Å². The van der Waals surface area contributed by atoms with Crippen LogP contribution in [0, 0.1) is 0 Å². The third-order valence-electron chi connectivity index (χ3n) is 3.49. The molecule has 1 aliphatic rings. The number of thiophene rings is 1. The Morgan fingerprint density at radius 3 is 2.36 bits per heavy atom. The molecule has 1 aromatic heterocycles. The van der Waals surface area contributed by atoms with E-state index in [9.17, 15) is 9.59 Å². The number of methoxy groups -OCH3 is 1. The molecule has 2 heterocycles. The summed E-state index contributed by atoms with van der Waals surface area (Å²) in [5, 5.41) is 5.00. The van der Waals surface area contributed by atoms with Gasteiger partial charge in [0, 0.05) is 16.3 Å². The molecule has 6 heteroatoms. The van der Waals surface area contributed by atoms with Crippen LogP contribution in [0.15, 0.2) is 40.1 Å². The molecule has 2 rings (SSSR count). The lowest BCUT2D eigenvalue weighted by Crippen LogP contribution is -2.31. The fourth-order valence-electron chi connectivity index (χ4n) is 2.59. The first-order valence-corrected chi connectivity index (χ1v) is 7.86. The highest BCUT2D eigenvalue weighted by molar-refractivity contribution is 7.10. The van der Waals surface area contributed by atoms with Gasteiger partial charge in [0.05, 0.1) is 30.8 Å². The van der Waals surface area contributed by atoms with Gasteiger partial charge in [-0.1, -0.05) is 6.07 Å². The average Bonchev–Trinajstić information content (AvgIpc) is 2.99. The molecule has 118 valence electrons. The molecule has 22 heavy (non-hydrogen) atoms. The molecule has 1 aliphatic heterocycles. The number of carbonyl (C=O) groups is 2. The van der Waals surface area contributed by atoms with Crippen molar-refractivity contribution in [3.63, 3.8) is 0 Å². The van der Waals surface area contributed by atoms with Crippen LogP contribution >= 0.6 is 11.3 Å². The summed E-state index contributed by atoms with van der Waals surface area (Å²) in [6, 6.07) is 3.80. The van der Waals surface area contributed by atoms with Gasteiger partial charge >= 0.3 is 11.9 Å².